The molecule has 0 saturated carbocycles. The van der Waals surface area contributed by atoms with Gasteiger partial charge in [0.05, 0.1) is 12.3 Å². The van der Waals surface area contributed by atoms with E-state index < -0.39 is 0 Å². The fourth-order valence-electron chi connectivity index (χ4n) is 3.57. The second-order valence-electron chi connectivity index (χ2n) is 7.38. The molecule has 0 unspecified atom stereocenters. The average Bonchev–Trinajstić information content (AvgIpc) is 2.77. The van der Waals surface area contributed by atoms with Crippen LogP contribution in [0.3, 0.4) is 0 Å². The Hall–Kier alpha value is -3.59. The largest absolute Gasteiger partial charge is 0.493 e. The monoisotopic (exact) mass is 394 g/mol. The molecule has 1 heterocycles. The molecule has 0 spiro atoms. The number of nitrogens with one attached hydrogen (secondary N) is 1. The number of aryl methyl sites for hydroxylation is 2. The number of hydrogen-bond acceptors (Lipinski definition) is 3. The molecule has 3 heteroatoms. The van der Waals surface area contributed by atoms with Gasteiger partial charge in [-0.05, 0) is 79.9 Å². The molecular formula is C27H26N2O. The maximum absolute atomic E-state index is 5.78. The van der Waals surface area contributed by atoms with E-state index in [1.54, 1.807) is 0 Å². The number of nitrogens with zero attached hydrogens (tertiary/aromatic N) is 1. The van der Waals surface area contributed by atoms with Gasteiger partial charge in [0.1, 0.15) is 5.75 Å². The molecule has 0 radical (unpaired) electrons. The molecule has 4 rings (SSSR count). The summed E-state index contributed by atoms with van der Waals surface area (Å²) in [6.07, 6.45) is 1.86. The van der Waals surface area contributed by atoms with Crippen molar-refractivity contribution in [3.05, 3.63) is 96.2 Å². The fourth-order valence-corrected chi connectivity index (χ4v) is 3.57. The van der Waals surface area contributed by atoms with Gasteiger partial charge in [-0.25, -0.2) is 0 Å². The van der Waals surface area contributed by atoms with Crippen molar-refractivity contribution in [3.8, 4) is 28.1 Å². The van der Waals surface area contributed by atoms with Gasteiger partial charge < -0.3 is 10.1 Å². The highest BCUT2D eigenvalue weighted by Gasteiger charge is 2.08. The third kappa shape index (κ3) is 4.36. The van der Waals surface area contributed by atoms with Crippen molar-refractivity contribution < 1.29 is 4.74 Å². The first-order chi connectivity index (χ1) is 14.6. The van der Waals surface area contributed by atoms with Gasteiger partial charge in [-0.3, -0.25) is 4.98 Å². The Bertz CT molecular complexity index is 1150. The number of rotatable bonds is 6. The van der Waals surface area contributed by atoms with Crippen LogP contribution in [0.1, 0.15) is 18.1 Å². The molecule has 0 amide bonds. The summed E-state index contributed by atoms with van der Waals surface area (Å²) in [6.45, 7) is 6.86. The normalized spacial score (nSPS) is 10.6. The van der Waals surface area contributed by atoms with Crippen molar-refractivity contribution in [1.29, 1.82) is 0 Å². The topological polar surface area (TPSA) is 34.1 Å². The Morgan fingerprint density at radius 3 is 2.40 bits per heavy atom. The second kappa shape index (κ2) is 8.83. The van der Waals surface area contributed by atoms with Gasteiger partial charge >= 0.3 is 0 Å². The number of hydrogen-bond donors (Lipinski definition) is 1. The van der Waals surface area contributed by atoms with Crippen molar-refractivity contribution in [2.24, 2.45) is 0 Å². The van der Waals surface area contributed by atoms with Crippen LogP contribution in [0.2, 0.25) is 0 Å². The lowest BCUT2D eigenvalue weighted by Gasteiger charge is -2.12. The minimum Gasteiger partial charge on any atom is -0.493 e. The maximum atomic E-state index is 5.78. The SMILES string of the molecule is CCOc1ccccc1-c1cc(-c2ccc(Nc3ccc(C)cc3C)cc2)ccn1. The summed E-state index contributed by atoms with van der Waals surface area (Å²) in [5.74, 6) is 0.859. The van der Waals surface area contributed by atoms with Crippen LogP contribution >= 0.6 is 0 Å². The van der Waals surface area contributed by atoms with Gasteiger partial charge in [0.25, 0.3) is 0 Å². The van der Waals surface area contributed by atoms with Crippen LogP contribution < -0.4 is 10.1 Å². The molecule has 0 fully saturated rings. The number of ether oxygens (including phenoxy) is 1. The molecule has 150 valence electrons. The molecule has 0 atom stereocenters. The minimum atomic E-state index is 0.631. The Labute approximate surface area is 178 Å². The molecule has 1 N–H and O–H groups in total. The van der Waals surface area contributed by atoms with E-state index in [2.05, 4.69) is 72.7 Å². The molecule has 0 saturated heterocycles. The molecule has 0 aliphatic carbocycles. The first kappa shape index (κ1) is 19.7. The zero-order valence-corrected chi connectivity index (χ0v) is 17.6. The highest BCUT2D eigenvalue weighted by atomic mass is 16.5. The summed E-state index contributed by atoms with van der Waals surface area (Å²) >= 11 is 0. The molecule has 0 aliphatic heterocycles. The third-order valence-corrected chi connectivity index (χ3v) is 5.10. The van der Waals surface area contributed by atoms with E-state index in [0.29, 0.717) is 6.61 Å². The average molecular weight is 395 g/mol. The molecule has 1 aromatic heterocycles. The van der Waals surface area contributed by atoms with Crippen molar-refractivity contribution in [1.82, 2.24) is 4.98 Å². The Morgan fingerprint density at radius 2 is 1.63 bits per heavy atom. The zero-order valence-electron chi connectivity index (χ0n) is 17.6. The number of pyridine rings is 1. The van der Waals surface area contributed by atoms with E-state index >= 15 is 0 Å². The lowest BCUT2D eigenvalue weighted by molar-refractivity contribution is 0.341. The third-order valence-electron chi connectivity index (χ3n) is 5.10. The van der Waals surface area contributed by atoms with Crippen molar-refractivity contribution in [3.63, 3.8) is 0 Å². The van der Waals surface area contributed by atoms with Crippen LogP contribution in [-0.2, 0) is 0 Å². The molecule has 3 nitrogen and oxygen atoms in total. The van der Waals surface area contributed by atoms with Crippen LogP contribution in [0.15, 0.2) is 85.1 Å². The number of benzene rings is 3. The summed E-state index contributed by atoms with van der Waals surface area (Å²) in [4.78, 5) is 4.58. The molecule has 30 heavy (non-hydrogen) atoms. The van der Waals surface area contributed by atoms with Gasteiger partial charge in [-0.1, -0.05) is 42.0 Å². The second-order valence-corrected chi connectivity index (χ2v) is 7.38. The van der Waals surface area contributed by atoms with Crippen LogP contribution in [0.25, 0.3) is 22.4 Å². The van der Waals surface area contributed by atoms with E-state index in [1.807, 2.05) is 43.5 Å². The van der Waals surface area contributed by atoms with Crippen molar-refractivity contribution in [2.75, 3.05) is 11.9 Å². The summed E-state index contributed by atoms with van der Waals surface area (Å²) < 4.78 is 5.78. The number of anilines is 2. The quantitative estimate of drug-likeness (QED) is 0.376. The molecular weight excluding hydrogens is 368 g/mol. The predicted molar refractivity (Wildman–Crippen MR) is 125 cm³/mol. The smallest absolute Gasteiger partial charge is 0.128 e. The van der Waals surface area contributed by atoms with Crippen LogP contribution in [0.4, 0.5) is 11.4 Å². The van der Waals surface area contributed by atoms with Crippen LogP contribution in [-0.4, -0.2) is 11.6 Å². The maximum Gasteiger partial charge on any atom is 0.128 e. The number of aromatic nitrogens is 1. The molecule has 0 aliphatic rings. The van der Waals surface area contributed by atoms with Gasteiger partial charge in [0.2, 0.25) is 0 Å². The lowest BCUT2D eigenvalue weighted by Crippen LogP contribution is -1.95. The predicted octanol–water partition coefficient (Wildman–Crippen LogP) is 7.17. The summed E-state index contributed by atoms with van der Waals surface area (Å²) in [6, 6.07) is 27.1. The summed E-state index contributed by atoms with van der Waals surface area (Å²) in [5.41, 5.74) is 8.92. The Morgan fingerprint density at radius 1 is 0.833 bits per heavy atom. The van der Waals surface area contributed by atoms with E-state index in [1.165, 1.54) is 11.1 Å². The molecule has 4 aromatic rings. The van der Waals surface area contributed by atoms with E-state index in [-0.39, 0.29) is 0 Å². The van der Waals surface area contributed by atoms with Crippen molar-refractivity contribution >= 4 is 11.4 Å². The minimum absolute atomic E-state index is 0.631. The molecule has 0 bridgehead atoms. The van der Waals surface area contributed by atoms with Crippen molar-refractivity contribution in [2.45, 2.75) is 20.8 Å². The van der Waals surface area contributed by atoms with Crippen LogP contribution in [0, 0.1) is 13.8 Å². The lowest BCUT2D eigenvalue weighted by atomic mass is 10.0. The fraction of sp³-hybridized carbons (Fsp3) is 0.148. The van der Waals surface area contributed by atoms with Gasteiger partial charge in [-0.15, -0.1) is 0 Å². The van der Waals surface area contributed by atoms with Gasteiger partial charge in [0.15, 0.2) is 0 Å². The van der Waals surface area contributed by atoms with E-state index in [4.69, 9.17) is 4.74 Å². The van der Waals surface area contributed by atoms with E-state index in [9.17, 15) is 0 Å². The standard InChI is InChI=1S/C27H26N2O/c1-4-30-27-8-6-5-7-24(27)26-18-22(15-16-28-26)21-10-12-23(13-11-21)29-25-14-9-19(2)17-20(25)3/h5-18,29H,4H2,1-3H3. The Kier molecular flexibility index (Phi) is 5.80. The summed E-state index contributed by atoms with van der Waals surface area (Å²) in [7, 11) is 0. The van der Waals surface area contributed by atoms with Gasteiger partial charge in [-0.2, -0.15) is 0 Å². The highest BCUT2D eigenvalue weighted by molar-refractivity contribution is 5.75. The van der Waals surface area contributed by atoms with Crippen LogP contribution in [0.5, 0.6) is 5.75 Å². The van der Waals surface area contributed by atoms with E-state index in [0.717, 1.165) is 39.5 Å². The van der Waals surface area contributed by atoms with Gasteiger partial charge in [0, 0.05) is 23.1 Å². The first-order valence-electron chi connectivity index (χ1n) is 10.3. The summed E-state index contributed by atoms with van der Waals surface area (Å²) in [5, 5.41) is 3.51. The Balaban J connectivity index is 1.59. The number of para-hydroxylation sites is 1. The first-order valence-corrected chi connectivity index (χ1v) is 10.3. The molecule has 3 aromatic carbocycles. The highest BCUT2D eigenvalue weighted by Crippen LogP contribution is 2.31. The zero-order chi connectivity index (χ0) is 20.9.